The van der Waals surface area contributed by atoms with Gasteiger partial charge in [-0.25, -0.2) is 0 Å². The van der Waals surface area contributed by atoms with Gasteiger partial charge in [0.15, 0.2) is 0 Å². The van der Waals surface area contributed by atoms with Gasteiger partial charge in [0.25, 0.3) is 0 Å². The summed E-state index contributed by atoms with van der Waals surface area (Å²) in [6.45, 7) is 5.05. The third kappa shape index (κ3) is 2.85. The Hall–Kier alpha value is -1.06. The molecule has 1 fully saturated rings. The highest BCUT2D eigenvalue weighted by Gasteiger charge is 2.30. The van der Waals surface area contributed by atoms with E-state index in [1.807, 2.05) is 6.07 Å². The lowest BCUT2D eigenvalue weighted by molar-refractivity contribution is 0.0994. The molecule has 0 saturated carbocycles. The van der Waals surface area contributed by atoms with Crippen molar-refractivity contribution in [1.29, 1.82) is 0 Å². The predicted molar refractivity (Wildman–Crippen MR) is 72.9 cm³/mol. The Bertz CT molecular complexity index is 405. The molecular weight excluding hydrogens is 226 g/mol. The molecule has 2 N–H and O–H groups in total. The molecule has 0 bridgehead atoms. The summed E-state index contributed by atoms with van der Waals surface area (Å²) in [4.78, 5) is 0. The minimum absolute atomic E-state index is 0.137. The summed E-state index contributed by atoms with van der Waals surface area (Å²) in [7, 11) is 1.71. The number of hydrogen-bond acceptors (Lipinski definition) is 3. The molecule has 1 saturated heterocycles. The van der Waals surface area contributed by atoms with Gasteiger partial charge in [-0.3, -0.25) is 0 Å². The van der Waals surface area contributed by atoms with Crippen molar-refractivity contribution in [2.45, 2.75) is 38.8 Å². The zero-order chi connectivity index (χ0) is 13.1. The third-order valence-electron chi connectivity index (χ3n) is 3.88. The van der Waals surface area contributed by atoms with Crippen LogP contribution in [0.3, 0.4) is 0 Å². The number of benzene rings is 1. The average molecular weight is 249 g/mol. The van der Waals surface area contributed by atoms with Gasteiger partial charge in [0.2, 0.25) is 0 Å². The second-order valence-electron chi connectivity index (χ2n) is 5.21. The summed E-state index contributed by atoms with van der Waals surface area (Å²) < 4.78 is 11.0. The van der Waals surface area contributed by atoms with E-state index in [1.54, 1.807) is 7.11 Å². The molecule has 3 atom stereocenters. The molecule has 1 aliphatic heterocycles. The number of nitrogens with two attached hydrogens (primary N) is 1. The Morgan fingerprint density at radius 1 is 1.50 bits per heavy atom. The maximum Gasteiger partial charge on any atom is 0.122 e. The second kappa shape index (κ2) is 5.72. The highest BCUT2D eigenvalue weighted by atomic mass is 16.5. The zero-order valence-electron chi connectivity index (χ0n) is 11.5. The molecule has 100 valence electrons. The fourth-order valence-corrected chi connectivity index (χ4v) is 2.78. The number of rotatable bonds is 4. The molecular formula is C15H23NO2. The lowest BCUT2D eigenvalue weighted by Crippen LogP contribution is -2.36. The largest absolute Gasteiger partial charge is 0.496 e. The van der Waals surface area contributed by atoms with Gasteiger partial charge >= 0.3 is 0 Å². The molecule has 0 amide bonds. The van der Waals surface area contributed by atoms with E-state index in [-0.39, 0.29) is 12.1 Å². The van der Waals surface area contributed by atoms with E-state index in [0.717, 1.165) is 25.2 Å². The van der Waals surface area contributed by atoms with Crippen LogP contribution in [0.5, 0.6) is 5.75 Å². The van der Waals surface area contributed by atoms with E-state index >= 15 is 0 Å². The highest BCUT2D eigenvalue weighted by Crippen LogP contribution is 2.27. The number of ether oxygens (including phenoxy) is 2. The van der Waals surface area contributed by atoms with Crippen molar-refractivity contribution in [1.82, 2.24) is 0 Å². The fraction of sp³-hybridized carbons (Fsp3) is 0.600. The molecule has 1 aromatic carbocycles. The van der Waals surface area contributed by atoms with Crippen molar-refractivity contribution in [3.8, 4) is 5.75 Å². The maximum atomic E-state index is 6.34. The molecule has 1 heterocycles. The molecule has 0 spiro atoms. The van der Waals surface area contributed by atoms with Crippen molar-refractivity contribution >= 4 is 0 Å². The van der Waals surface area contributed by atoms with E-state index in [0.29, 0.717) is 5.92 Å². The topological polar surface area (TPSA) is 44.5 Å². The lowest BCUT2D eigenvalue weighted by Gasteiger charge is -2.23. The summed E-state index contributed by atoms with van der Waals surface area (Å²) in [5, 5.41) is 0. The predicted octanol–water partition coefficient (Wildman–Crippen LogP) is 2.30. The standard InChI is InChI=1S/C15H23NO2/c1-10-4-5-15(17-3)12(8-10)9-14(16)13-6-7-18-11(13)2/h4-5,8,11,13-14H,6-7,9,16H2,1-3H3. The fourth-order valence-electron chi connectivity index (χ4n) is 2.78. The molecule has 3 unspecified atom stereocenters. The Labute approximate surface area is 109 Å². The van der Waals surface area contributed by atoms with Crippen molar-refractivity contribution in [2.75, 3.05) is 13.7 Å². The summed E-state index contributed by atoms with van der Waals surface area (Å²) in [6.07, 6.45) is 2.19. The van der Waals surface area contributed by atoms with E-state index in [2.05, 4.69) is 26.0 Å². The first-order valence-electron chi connectivity index (χ1n) is 6.62. The number of methoxy groups -OCH3 is 1. The van der Waals surface area contributed by atoms with Crippen molar-refractivity contribution in [3.63, 3.8) is 0 Å². The molecule has 3 nitrogen and oxygen atoms in total. The minimum atomic E-state index is 0.137. The van der Waals surface area contributed by atoms with E-state index in [9.17, 15) is 0 Å². The van der Waals surface area contributed by atoms with Crippen molar-refractivity contribution in [3.05, 3.63) is 29.3 Å². The second-order valence-corrected chi connectivity index (χ2v) is 5.21. The van der Waals surface area contributed by atoms with Crippen LogP contribution < -0.4 is 10.5 Å². The monoisotopic (exact) mass is 249 g/mol. The molecule has 0 radical (unpaired) electrons. The first-order valence-corrected chi connectivity index (χ1v) is 6.62. The van der Waals surface area contributed by atoms with Gasteiger partial charge in [-0.1, -0.05) is 17.7 Å². The first-order chi connectivity index (χ1) is 8.61. The molecule has 1 aromatic rings. The molecule has 0 aliphatic carbocycles. The summed E-state index contributed by atoms with van der Waals surface area (Å²) in [5.74, 6) is 1.39. The number of aryl methyl sites for hydroxylation is 1. The normalized spacial score (nSPS) is 25.1. The van der Waals surface area contributed by atoms with Gasteiger partial charge in [0.05, 0.1) is 13.2 Å². The Kier molecular flexibility index (Phi) is 4.25. The maximum absolute atomic E-state index is 6.34. The Morgan fingerprint density at radius 3 is 2.89 bits per heavy atom. The van der Waals surface area contributed by atoms with Gasteiger partial charge in [-0.2, -0.15) is 0 Å². The Morgan fingerprint density at radius 2 is 2.28 bits per heavy atom. The molecule has 3 heteroatoms. The van der Waals surface area contributed by atoms with Crippen LogP contribution in [0.15, 0.2) is 18.2 Å². The SMILES string of the molecule is COc1ccc(C)cc1CC(N)C1CCOC1C. The summed E-state index contributed by atoms with van der Waals surface area (Å²) in [5.41, 5.74) is 8.78. The van der Waals surface area contributed by atoms with Crippen LogP contribution in [0, 0.1) is 12.8 Å². The smallest absolute Gasteiger partial charge is 0.122 e. The molecule has 18 heavy (non-hydrogen) atoms. The molecule has 1 aliphatic rings. The van der Waals surface area contributed by atoms with Gasteiger partial charge in [-0.05, 0) is 38.3 Å². The highest BCUT2D eigenvalue weighted by molar-refractivity contribution is 5.37. The summed E-state index contributed by atoms with van der Waals surface area (Å²) in [6, 6.07) is 6.39. The Balaban J connectivity index is 2.10. The van der Waals surface area contributed by atoms with E-state index < -0.39 is 0 Å². The third-order valence-corrected chi connectivity index (χ3v) is 3.88. The van der Waals surface area contributed by atoms with E-state index in [1.165, 1.54) is 11.1 Å². The van der Waals surface area contributed by atoms with E-state index in [4.69, 9.17) is 15.2 Å². The average Bonchev–Trinajstić information content (AvgIpc) is 2.76. The van der Waals surface area contributed by atoms with Crippen LogP contribution in [0.4, 0.5) is 0 Å². The minimum Gasteiger partial charge on any atom is -0.496 e. The van der Waals surface area contributed by atoms with Crippen molar-refractivity contribution < 1.29 is 9.47 Å². The molecule has 2 rings (SSSR count). The van der Waals surface area contributed by atoms with Crippen LogP contribution in [0.2, 0.25) is 0 Å². The van der Waals surface area contributed by atoms with Gasteiger partial charge in [-0.15, -0.1) is 0 Å². The van der Waals surface area contributed by atoms with Crippen LogP contribution in [0.1, 0.15) is 24.5 Å². The molecule has 0 aromatic heterocycles. The van der Waals surface area contributed by atoms with Gasteiger partial charge in [0.1, 0.15) is 5.75 Å². The summed E-state index contributed by atoms with van der Waals surface area (Å²) >= 11 is 0. The van der Waals surface area contributed by atoms with Gasteiger partial charge in [0, 0.05) is 18.6 Å². The van der Waals surface area contributed by atoms with Crippen LogP contribution in [-0.2, 0) is 11.2 Å². The van der Waals surface area contributed by atoms with Crippen LogP contribution in [0.25, 0.3) is 0 Å². The van der Waals surface area contributed by atoms with Crippen molar-refractivity contribution in [2.24, 2.45) is 11.7 Å². The first kappa shape index (κ1) is 13.4. The van der Waals surface area contributed by atoms with Crippen LogP contribution >= 0.6 is 0 Å². The lowest BCUT2D eigenvalue weighted by atomic mass is 9.89. The van der Waals surface area contributed by atoms with Gasteiger partial charge < -0.3 is 15.2 Å². The van der Waals surface area contributed by atoms with Crippen LogP contribution in [-0.4, -0.2) is 25.9 Å². The zero-order valence-corrected chi connectivity index (χ0v) is 11.5. The number of hydrogen-bond donors (Lipinski definition) is 1. The quantitative estimate of drug-likeness (QED) is 0.890.